The van der Waals surface area contributed by atoms with Crippen LogP contribution in [-0.4, -0.2) is 26.3 Å². The number of hydrogen-bond acceptors (Lipinski definition) is 2. The van der Waals surface area contributed by atoms with Crippen LogP contribution < -0.4 is 5.32 Å². The Balaban J connectivity index is 2.26. The molecule has 2 unspecified atom stereocenters. The van der Waals surface area contributed by atoms with E-state index in [0.717, 1.165) is 13.1 Å². The average Bonchev–Trinajstić information content (AvgIpc) is 2.29. The number of unbranched alkanes of at least 4 members (excludes halogenated alkanes) is 2. The van der Waals surface area contributed by atoms with Gasteiger partial charge in [0.15, 0.2) is 0 Å². The van der Waals surface area contributed by atoms with Crippen LogP contribution in [0.3, 0.4) is 0 Å². The van der Waals surface area contributed by atoms with Gasteiger partial charge in [-0.2, -0.15) is 0 Å². The van der Waals surface area contributed by atoms with Crippen molar-refractivity contribution in [3.05, 3.63) is 23.8 Å². The number of ether oxygens (including phenoxy) is 1. The summed E-state index contributed by atoms with van der Waals surface area (Å²) >= 11 is 0. The lowest BCUT2D eigenvalue weighted by Gasteiger charge is -2.24. The second-order valence-corrected chi connectivity index (χ2v) is 4.55. The maximum Gasteiger partial charge on any atom is 0.0830 e. The lowest BCUT2D eigenvalue weighted by molar-refractivity contribution is 0.105. The topological polar surface area (TPSA) is 21.3 Å². The Labute approximate surface area is 99.8 Å². The van der Waals surface area contributed by atoms with Gasteiger partial charge in [-0.15, -0.1) is 0 Å². The molecule has 1 aliphatic carbocycles. The van der Waals surface area contributed by atoms with Crippen molar-refractivity contribution in [3.63, 3.8) is 0 Å². The number of nitrogens with one attached hydrogen (secondary N) is 1. The molecule has 0 radical (unpaired) electrons. The molecule has 2 nitrogen and oxygen atoms in total. The van der Waals surface area contributed by atoms with E-state index in [-0.39, 0.29) is 6.10 Å². The Hall–Kier alpha value is -0.600. The molecule has 1 rings (SSSR count). The summed E-state index contributed by atoms with van der Waals surface area (Å²) in [6.45, 7) is 6.52. The largest absolute Gasteiger partial charge is 0.377 e. The highest BCUT2D eigenvalue weighted by Crippen LogP contribution is 2.18. The van der Waals surface area contributed by atoms with Crippen molar-refractivity contribution in [1.29, 1.82) is 0 Å². The zero-order valence-corrected chi connectivity index (χ0v) is 10.8. The molecule has 1 aliphatic rings. The van der Waals surface area contributed by atoms with Gasteiger partial charge in [0.2, 0.25) is 0 Å². The Bertz CT molecular complexity index is 245. The molecular weight excluding hydrogens is 198 g/mol. The molecule has 0 aromatic heterocycles. The van der Waals surface area contributed by atoms with Crippen LogP contribution in [0.4, 0.5) is 0 Å². The van der Waals surface area contributed by atoms with Crippen LogP contribution in [0.25, 0.3) is 0 Å². The highest BCUT2D eigenvalue weighted by atomic mass is 16.5. The second kappa shape index (κ2) is 7.64. The van der Waals surface area contributed by atoms with Crippen LogP contribution in [0.1, 0.15) is 33.1 Å². The number of methoxy groups -OCH3 is 1. The van der Waals surface area contributed by atoms with Crippen LogP contribution in [0, 0.1) is 5.92 Å². The predicted molar refractivity (Wildman–Crippen MR) is 69.6 cm³/mol. The molecule has 0 aromatic carbocycles. The molecule has 16 heavy (non-hydrogen) atoms. The zero-order chi connectivity index (χ0) is 11.8. The van der Waals surface area contributed by atoms with Crippen LogP contribution in [0.15, 0.2) is 23.8 Å². The van der Waals surface area contributed by atoms with Crippen molar-refractivity contribution in [2.45, 2.75) is 39.2 Å². The average molecular weight is 223 g/mol. The molecule has 92 valence electrons. The first-order valence-corrected chi connectivity index (χ1v) is 6.38. The zero-order valence-electron chi connectivity index (χ0n) is 10.8. The minimum absolute atomic E-state index is 0.238. The first-order chi connectivity index (χ1) is 7.77. The fourth-order valence-corrected chi connectivity index (χ4v) is 2.07. The normalized spacial score (nSPS) is 24.6. The molecule has 0 spiro atoms. The predicted octanol–water partition coefficient (Wildman–Crippen LogP) is 2.91. The van der Waals surface area contributed by atoms with Crippen molar-refractivity contribution >= 4 is 0 Å². The highest BCUT2D eigenvalue weighted by molar-refractivity contribution is 5.24. The third-order valence-electron chi connectivity index (χ3n) is 3.06. The van der Waals surface area contributed by atoms with Crippen molar-refractivity contribution in [2.24, 2.45) is 5.92 Å². The molecule has 0 saturated heterocycles. The molecule has 0 fully saturated rings. The van der Waals surface area contributed by atoms with Gasteiger partial charge >= 0.3 is 0 Å². The fourth-order valence-electron chi connectivity index (χ4n) is 2.07. The van der Waals surface area contributed by atoms with Crippen LogP contribution in [0.5, 0.6) is 0 Å². The maximum atomic E-state index is 5.46. The van der Waals surface area contributed by atoms with Gasteiger partial charge in [-0.3, -0.25) is 0 Å². The summed E-state index contributed by atoms with van der Waals surface area (Å²) in [5, 5.41) is 3.52. The fraction of sp³-hybridized carbons (Fsp3) is 0.714. The van der Waals surface area contributed by atoms with Crippen LogP contribution in [-0.2, 0) is 4.74 Å². The summed E-state index contributed by atoms with van der Waals surface area (Å²) in [6, 6.07) is 0. The minimum Gasteiger partial charge on any atom is -0.377 e. The lowest BCUT2D eigenvalue weighted by Crippen LogP contribution is -2.32. The van der Waals surface area contributed by atoms with Gasteiger partial charge in [-0.1, -0.05) is 43.6 Å². The Morgan fingerprint density at radius 2 is 2.19 bits per heavy atom. The molecular formula is C14H25NO. The summed E-state index contributed by atoms with van der Waals surface area (Å²) in [5.74, 6) is 0.483. The van der Waals surface area contributed by atoms with Crippen molar-refractivity contribution < 1.29 is 4.74 Å². The van der Waals surface area contributed by atoms with E-state index < -0.39 is 0 Å². The molecule has 2 atom stereocenters. The molecule has 2 heteroatoms. The lowest BCUT2D eigenvalue weighted by atomic mass is 9.94. The third kappa shape index (κ3) is 4.50. The van der Waals surface area contributed by atoms with E-state index in [4.69, 9.17) is 4.74 Å². The van der Waals surface area contributed by atoms with Gasteiger partial charge in [-0.05, 0) is 19.9 Å². The molecule has 0 amide bonds. The van der Waals surface area contributed by atoms with Gasteiger partial charge in [0.25, 0.3) is 0 Å². The standard InChI is InChI=1S/C14H25NO/c1-4-5-6-9-15-11-13-10-12(2)7-8-14(13)16-3/h7-8,10,13-15H,4-6,9,11H2,1-3H3. The molecule has 0 aromatic rings. The van der Waals surface area contributed by atoms with E-state index in [2.05, 4.69) is 37.4 Å². The third-order valence-corrected chi connectivity index (χ3v) is 3.06. The van der Waals surface area contributed by atoms with Crippen LogP contribution in [0.2, 0.25) is 0 Å². The Morgan fingerprint density at radius 1 is 1.38 bits per heavy atom. The molecule has 0 heterocycles. The highest BCUT2D eigenvalue weighted by Gasteiger charge is 2.18. The van der Waals surface area contributed by atoms with Crippen LogP contribution >= 0.6 is 0 Å². The molecule has 0 aliphatic heterocycles. The summed E-state index contributed by atoms with van der Waals surface area (Å²) in [5.41, 5.74) is 1.34. The molecule has 0 saturated carbocycles. The summed E-state index contributed by atoms with van der Waals surface area (Å²) in [7, 11) is 1.79. The van der Waals surface area contributed by atoms with E-state index in [1.54, 1.807) is 7.11 Å². The van der Waals surface area contributed by atoms with E-state index in [1.165, 1.54) is 24.8 Å². The van der Waals surface area contributed by atoms with E-state index in [0.29, 0.717) is 5.92 Å². The molecule has 0 bridgehead atoms. The van der Waals surface area contributed by atoms with E-state index in [9.17, 15) is 0 Å². The minimum atomic E-state index is 0.238. The van der Waals surface area contributed by atoms with Gasteiger partial charge in [0.1, 0.15) is 0 Å². The van der Waals surface area contributed by atoms with Crippen molar-refractivity contribution in [2.75, 3.05) is 20.2 Å². The van der Waals surface area contributed by atoms with E-state index >= 15 is 0 Å². The monoisotopic (exact) mass is 223 g/mol. The Kier molecular flexibility index (Phi) is 6.43. The quantitative estimate of drug-likeness (QED) is 0.670. The van der Waals surface area contributed by atoms with Crippen molar-refractivity contribution in [3.8, 4) is 0 Å². The Morgan fingerprint density at radius 3 is 2.88 bits per heavy atom. The summed E-state index contributed by atoms with van der Waals surface area (Å²) in [6.07, 6.45) is 10.7. The summed E-state index contributed by atoms with van der Waals surface area (Å²) in [4.78, 5) is 0. The van der Waals surface area contributed by atoms with Crippen molar-refractivity contribution in [1.82, 2.24) is 5.32 Å². The first kappa shape index (κ1) is 13.5. The smallest absolute Gasteiger partial charge is 0.0830 e. The van der Waals surface area contributed by atoms with E-state index in [1.807, 2.05) is 0 Å². The number of allylic oxidation sites excluding steroid dienone is 2. The summed E-state index contributed by atoms with van der Waals surface area (Å²) < 4.78 is 5.46. The number of rotatable bonds is 7. The number of hydrogen-bond donors (Lipinski definition) is 1. The SMILES string of the molecule is CCCCCNCC1C=C(C)C=CC1OC. The maximum absolute atomic E-state index is 5.46. The van der Waals surface area contributed by atoms with Gasteiger partial charge in [0, 0.05) is 19.6 Å². The van der Waals surface area contributed by atoms with Gasteiger partial charge < -0.3 is 10.1 Å². The second-order valence-electron chi connectivity index (χ2n) is 4.55. The van der Waals surface area contributed by atoms with Gasteiger partial charge in [0.05, 0.1) is 6.10 Å². The molecule has 1 N–H and O–H groups in total. The first-order valence-electron chi connectivity index (χ1n) is 6.38. The van der Waals surface area contributed by atoms with Gasteiger partial charge in [-0.25, -0.2) is 0 Å².